The van der Waals surface area contributed by atoms with Gasteiger partial charge in [0.1, 0.15) is 31.5 Å². The van der Waals surface area contributed by atoms with Crippen molar-refractivity contribution in [2.45, 2.75) is 88.3 Å². The standard InChI is InChI=1S/C29H36F2N4O4/c30-22-6-14-33(15-7-22)26(37)28-8-11-29(12-9-28,13-10-28)35(27(38)39-20-21-4-2-1-3-5-21)19-25(36)34-18-23(31)16-24(34)17-32/h1-5,22-24H,6-16,18-20H2/t23-,24-,28?,29?/m0/s1. The maximum Gasteiger partial charge on any atom is 0.411 e. The van der Waals surface area contributed by atoms with Crippen LogP contribution < -0.4 is 0 Å². The topological polar surface area (TPSA) is 94.0 Å². The van der Waals surface area contributed by atoms with Crippen LogP contribution in [0.5, 0.6) is 0 Å². The average molecular weight is 543 g/mol. The molecule has 5 fully saturated rings. The van der Waals surface area contributed by atoms with Crippen molar-refractivity contribution in [2.75, 3.05) is 26.2 Å². The van der Waals surface area contributed by atoms with Gasteiger partial charge in [-0.15, -0.1) is 0 Å². The summed E-state index contributed by atoms with van der Waals surface area (Å²) in [7, 11) is 0. The molecule has 210 valence electrons. The number of hydrogen-bond donors (Lipinski definition) is 0. The Bertz CT molecular complexity index is 1090. The second-order valence-electron chi connectivity index (χ2n) is 11.6. The van der Waals surface area contributed by atoms with E-state index < -0.39 is 41.3 Å². The normalized spacial score (nSPS) is 30.6. The second kappa shape index (κ2) is 11.1. The van der Waals surface area contributed by atoms with Gasteiger partial charge in [-0.05, 0) is 56.9 Å². The Balaban J connectivity index is 1.32. The highest BCUT2D eigenvalue weighted by Gasteiger charge is 2.57. The predicted octanol–water partition coefficient (Wildman–Crippen LogP) is 4.14. The van der Waals surface area contributed by atoms with Crippen LogP contribution in [0.1, 0.15) is 63.4 Å². The number of benzene rings is 1. The molecule has 10 heteroatoms. The third kappa shape index (κ3) is 5.45. The summed E-state index contributed by atoms with van der Waals surface area (Å²) >= 11 is 0. The second-order valence-corrected chi connectivity index (χ2v) is 11.6. The number of ether oxygens (including phenoxy) is 1. The molecule has 3 aliphatic carbocycles. The number of carbonyl (C=O) groups excluding carboxylic acids is 3. The van der Waals surface area contributed by atoms with Gasteiger partial charge in [-0.3, -0.25) is 14.5 Å². The quantitative estimate of drug-likeness (QED) is 0.539. The molecule has 3 saturated carbocycles. The van der Waals surface area contributed by atoms with Gasteiger partial charge in [0.15, 0.2) is 0 Å². The summed E-state index contributed by atoms with van der Waals surface area (Å²) in [6, 6.07) is 10.4. The summed E-state index contributed by atoms with van der Waals surface area (Å²) in [5.74, 6) is -0.389. The van der Waals surface area contributed by atoms with Crippen LogP contribution in [-0.2, 0) is 20.9 Å². The smallest absolute Gasteiger partial charge is 0.411 e. The first-order valence-electron chi connectivity index (χ1n) is 14.0. The maximum absolute atomic E-state index is 14.1. The molecule has 2 saturated heterocycles. The molecule has 3 amide bonds. The van der Waals surface area contributed by atoms with Gasteiger partial charge < -0.3 is 14.5 Å². The third-order valence-corrected chi connectivity index (χ3v) is 9.38. The van der Waals surface area contributed by atoms with Gasteiger partial charge in [-0.1, -0.05) is 30.3 Å². The summed E-state index contributed by atoms with van der Waals surface area (Å²) in [6.45, 7) is 0.452. The molecule has 2 aliphatic heterocycles. The lowest BCUT2D eigenvalue weighted by Crippen LogP contribution is -2.63. The van der Waals surface area contributed by atoms with E-state index in [-0.39, 0.29) is 32.0 Å². The van der Waals surface area contributed by atoms with E-state index in [2.05, 4.69) is 0 Å². The molecule has 8 nitrogen and oxygen atoms in total. The van der Waals surface area contributed by atoms with Gasteiger partial charge in [-0.2, -0.15) is 5.26 Å². The summed E-state index contributed by atoms with van der Waals surface area (Å²) in [4.78, 5) is 44.9. The number of amides is 3. The molecule has 39 heavy (non-hydrogen) atoms. The Labute approximate surface area is 227 Å². The minimum absolute atomic E-state index is 0.0316. The Morgan fingerprint density at radius 3 is 2.26 bits per heavy atom. The van der Waals surface area contributed by atoms with Crippen molar-refractivity contribution in [3.63, 3.8) is 0 Å². The van der Waals surface area contributed by atoms with Gasteiger partial charge >= 0.3 is 6.09 Å². The van der Waals surface area contributed by atoms with E-state index in [9.17, 15) is 28.4 Å². The summed E-state index contributed by atoms with van der Waals surface area (Å²) in [6.07, 6.45) is 1.32. The molecule has 1 aromatic carbocycles. The average Bonchev–Trinajstić information content (AvgIpc) is 3.36. The van der Waals surface area contributed by atoms with Gasteiger partial charge in [0.25, 0.3) is 0 Å². The fourth-order valence-electron chi connectivity index (χ4n) is 6.91. The maximum atomic E-state index is 14.1. The van der Waals surface area contributed by atoms with E-state index in [1.807, 2.05) is 36.4 Å². The van der Waals surface area contributed by atoms with E-state index in [1.54, 1.807) is 4.90 Å². The zero-order valence-electron chi connectivity index (χ0n) is 22.2. The molecule has 0 spiro atoms. The molecule has 6 rings (SSSR count). The van der Waals surface area contributed by atoms with Crippen molar-refractivity contribution < 1.29 is 27.9 Å². The highest BCUT2D eigenvalue weighted by molar-refractivity contribution is 5.85. The Hall–Kier alpha value is -3.22. The summed E-state index contributed by atoms with van der Waals surface area (Å²) in [5.41, 5.74) is -0.362. The number of fused-ring (bicyclic) bond motifs is 3. The fraction of sp³-hybridized carbons (Fsp3) is 0.655. The highest BCUT2D eigenvalue weighted by atomic mass is 19.1. The van der Waals surface area contributed by atoms with Crippen LogP contribution in [0, 0.1) is 16.7 Å². The van der Waals surface area contributed by atoms with E-state index in [4.69, 9.17) is 4.74 Å². The third-order valence-electron chi connectivity index (χ3n) is 9.38. The number of likely N-dealkylation sites (tertiary alicyclic amines) is 2. The number of piperidine rings is 1. The number of alkyl halides is 2. The van der Waals surface area contributed by atoms with E-state index >= 15 is 0 Å². The molecule has 2 bridgehead atoms. The van der Waals surface area contributed by atoms with Crippen LogP contribution in [0.4, 0.5) is 13.6 Å². The van der Waals surface area contributed by atoms with Gasteiger partial charge in [0.2, 0.25) is 11.8 Å². The summed E-state index contributed by atoms with van der Waals surface area (Å²) < 4.78 is 33.4. The molecular weight excluding hydrogens is 506 g/mol. The Morgan fingerprint density at radius 1 is 1.00 bits per heavy atom. The van der Waals surface area contributed by atoms with Crippen molar-refractivity contribution >= 4 is 17.9 Å². The number of hydrogen-bond acceptors (Lipinski definition) is 5. The molecule has 0 N–H and O–H groups in total. The zero-order chi connectivity index (χ0) is 27.6. The molecule has 1 aromatic rings. The predicted molar refractivity (Wildman–Crippen MR) is 138 cm³/mol. The minimum Gasteiger partial charge on any atom is -0.445 e. The molecular formula is C29H36F2N4O4. The van der Waals surface area contributed by atoms with Crippen molar-refractivity contribution in [3.05, 3.63) is 35.9 Å². The van der Waals surface area contributed by atoms with Crippen LogP contribution in [-0.4, -0.2) is 82.7 Å². The van der Waals surface area contributed by atoms with Crippen LogP contribution in [0.2, 0.25) is 0 Å². The summed E-state index contributed by atoms with van der Waals surface area (Å²) in [5, 5.41) is 9.44. The molecule has 2 heterocycles. The Kier molecular flexibility index (Phi) is 7.79. The Morgan fingerprint density at radius 2 is 1.64 bits per heavy atom. The largest absolute Gasteiger partial charge is 0.445 e. The molecule has 2 atom stereocenters. The number of rotatable bonds is 6. The lowest BCUT2D eigenvalue weighted by Gasteiger charge is -2.57. The van der Waals surface area contributed by atoms with Crippen LogP contribution in [0.3, 0.4) is 0 Å². The van der Waals surface area contributed by atoms with Crippen LogP contribution in [0.25, 0.3) is 0 Å². The van der Waals surface area contributed by atoms with Gasteiger partial charge in [0.05, 0.1) is 12.6 Å². The van der Waals surface area contributed by atoms with Gasteiger partial charge in [0, 0.05) is 30.5 Å². The molecule has 5 aliphatic rings. The lowest BCUT2D eigenvalue weighted by atomic mass is 9.56. The molecule has 0 radical (unpaired) electrons. The zero-order valence-corrected chi connectivity index (χ0v) is 22.2. The first-order valence-corrected chi connectivity index (χ1v) is 14.0. The minimum atomic E-state index is -1.27. The van der Waals surface area contributed by atoms with E-state index in [0.29, 0.717) is 64.5 Å². The van der Waals surface area contributed by atoms with Crippen molar-refractivity contribution in [3.8, 4) is 6.07 Å². The highest BCUT2D eigenvalue weighted by Crippen LogP contribution is 2.55. The van der Waals surface area contributed by atoms with Crippen molar-refractivity contribution in [2.24, 2.45) is 5.41 Å². The fourth-order valence-corrected chi connectivity index (χ4v) is 6.91. The lowest BCUT2D eigenvalue weighted by molar-refractivity contribution is -0.156. The number of halogens is 2. The molecule has 0 unspecified atom stereocenters. The number of nitrogens with zero attached hydrogens (tertiary/aromatic N) is 4. The SMILES string of the molecule is N#C[C@@H]1C[C@H](F)CN1C(=O)CN(C(=O)OCc1ccccc1)C12CCC(C(=O)N3CCC(F)CC3)(CC1)CC2. The van der Waals surface area contributed by atoms with Crippen LogP contribution >= 0.6 is 0 Å². The first kappa shape index (κ1) is 27.4. The van der Waals surface area contributed by atoms with E-state index in [0.717, 1.165) is 5.56 Å². The van der Waals surface area contributed by atoms with Crippen LogP contribution in [0.15, 0.2) is 30.3 Å². The van der Waals surface area contributed by atoms with Gasteiger partial charge in [-0.25, -0.2) is 13.6 Å². The number of nitriles is 1. The van der Waals surface area contributed by atoms with Crippen molar-refractivity contribution in [1.82, 2.24) is 14.7 Å². The van der Waals surface area contributed by atoms with Crippen molar-refractivity contribution in [1.29, 1.82) is 5.26 Å². The van der Waals surface area contributed by atoms with E-state index in [1.165, 1.54) is 9.80 Å². The first-order chi connectivity index (χ1) is 18.7. The number of carbonyl (C=O) groups is 3. The molecule has 0 aromatic heterocycles. The monoisotopic (exact) mass is 542 g/mol.